The molecule has 2 aromatic heterocycles. The van der Waals surface area contributed by atoms with Crippen LogP contribution in [0.4, 0.5) is 14.5 Å². The monoisotopic (exact) mass is 342 g/mol. The zero-order valence-electron chi connectivity index (χ0n) is 12.4. The summed E-state index contributed by atoms with van der Waals surface area (Å²) in [5.41, 5.74) is 1.87. The average molecular weight is 342 g/mol. The van der Waals surface area contributed by atoms with Crippen molar-refractivity contribution in [1.82, 2.24) is 4.98 Å². The van der Waals surface area contributed by atoms with Crippen molar-refractivity contribution in [1.29, 1.82) is 0 Å². The zero-order valence-corrected chi connectivity index (χ0v) is 13.2. The minimum absolute atomic E-state index is 0.187. The first kappa shape index (κ1) is 16.0. The molecule has 0 saturated carbocycles. The molecule has 3 rings (SSSR count). The largest absolute Gasteiger partial charge is 0.320 e. The molecule has 0 atom stereocenters. The van der Waals surface area contributed by atoms with Crippen LogP contribution >= 0.6 is 11.3 Å². The smallest absolute Gasteiger partial charge is 0.248 e. The van der Waals surface area contributed by atoms with Gasteiger partial charge in [0.2, 0.25) is 5.91 Å². The summed E-state index contributed by atoms with van der Waals surface area (Å²) in [5.74, 6) is -2.61. The van der Waals surface area contributed by atoms with E-state index in [4.69, 9.17) is 0 Å². The Hall–Kier alpha value is -2.86. The van der Waals surface area contributed by atoms with Crippen molar-refractivity contribution in [2.75, 3.05) is 5.32 Å². The van der Waals surface area contributed by atoms with E-state index >= 15 is 0 Å². The molecule has 3 nitrogen and oxygen atoms in total. The number of hydrogen-bond donors (Lipinski definition) is 1. The highest BCUT2D eigenvalue weighted by atomic mass is 32.1. The second-order valence-corrected chi connectivity index (χ2v) is 5.84. The summed E-state index contributed by atoms with van der Waals surface area (Å²) < 4.78 is 26.6. The Morgan fingerprint density at radius 1 is 1.12 bits per heavy atom. The fourth-order valence-corrected chi connectivity index (χ4v) is 2.88. The van der Waals surface area contributed by atoms with Crippen molar-refractivity contribution in [3.8, 4) is 11.1 Å². The third kappa shape index (κ3) is 3.72. The van der Waals surface area contributed by atoms with Crippen molar-refractivity contribution in [3.63, 3.8) is 0 Å². The van der Waals surface area contributed by atoms with E-state index < -0.39 is 17.5 Å². The lowest BCUT2D eigenvalue weighted by Gasteiger charge is -2.03. The molecule has 1 N–H and O–H groups in total. The Bertz CT molecular complexity index is 891. The molecule has 0 aliphatic heterocycles. The lowest BCUT2D eigenvalue weighted by molar-refractivity contribution is -0.111. The van der Waals surface area contributed by atoms with Crippen molar-refractivity contribution in [2.24, 2.45) is 0 Å². The van der Waals surface area contributed by atoms with Gasteiger partial charge in [0.15, 0.2) is 11.6 Å². The topological polar surface area (TPSA) is 42.0 Å². The predicted octanol–water partition coefficient (Wildman–Crippen LogP) is 4.74. The van der Waals surface area contributed by atoms with E-state index in [1.165, 1.54) is 29.5 Å². The average Bonchev–Trinajstić information content (AvgIpc) is 3.07. The van der Waals surface area contributed by atoms with Gasteiger partial charge in [0.25, 0.3) is 0 Å². The number of carbonyl (C=O) groups is 1. The summed E-state index contributed by atoms with van der Waals surface area (Å²) in [6.45, 7) is 0. The number of hydrogen-bond acceptors (Lipinski definition) is 3. The molecule has 24 heavy (non-hydrogen) atoms. The standard InChI is InChI=1S/C18H12F2N2OS/c19-15-2-1-3-16(18(15)20)22-17(23)5-4-14-10-13(11-24-14)12-6-8-21-9-7-12/h1-11H,(H,22,23)/b5-4+. The van der Waals surface area contributed by atoms with E-state index in [0.717, 1.165) is 22.1 Å². The van der Waals surface area contributed by atoms with Gasteiger partial charge in [0.1, 0.15) is 0 Å². The highest BCUT2D eigenvalue weighted by Gasteiger charge is 2.09. The van der Waals surface area contributed by atoms with Crippen molar-refractivity contribution in [2.45, 2.75) is 0 Å². The van der Waals surface area contributed by atoms with Crippen LogP contribution in [0.2, 0.25) is 0 Å². The van der Waals surface area contributed by atoms with Crippen LogP contribution in [0.25, 0.3) is 17.2 Å². The van der Waals surface area contributed by atoms with Crippen molar-refractivity contribution in [3.05, 3.63) is 76.8 Å². The predicted molar refractivity (Wildman–Crippen MR) is 91.6 cm³/mol. The van der Waals surface area contributed by atoms with Crippen molar-refractivity contribution < 1.29 is 13.6 Å². The number of amides is 1. The molecule has 0 aliphatic carbocycles. The van der Waals surface area contributed by atoms with Crippen LogP contribution in [0.3, 0.4) is 0 Å². The maximum atomic E-state index is 13.5. The first-order valence-corrected chi connectivity index (χ1v) is 7.93. The Morgan fingerprint density at radius 2 is 1.92 bits per heavy atom. The minimum atomic E-state index is -1.07. The third-order valence-corrected chi connectivity index (χ3v) is 4.14. The molecule has 1 amide bonds. The molecule has 0 spiro atoms. The lowest BCUT2D eigenvalue weighted by atomic mass is 10.1. The quantitative estimate of drug-likeness (QED) is 0.696. The van der Waals surface area contributed by atoms with Gasteiger partial charge < -0.3 is 5.32 Å². The number of halogens is 2. The molecule has 3 aromatic rings. The molecule has 0 aliphatic rings. The van der Waals surface area contributed by atoms with Gasteiger partial charge in [0, 0.05) is 23.3 Å². The van der Waals surface area contributed by atoms with Crippen LogP contribution in [0.5, 0.6) is 0 Å². The third-order valence-electron chi connectivity index (χ3n) is 3.24. The van der Waals surface area contributed by atoms with Gasteiger partial charge in [-0.15, -0.1) is 11.3 Å². The van der Waals surface area contributed by atoms with Crippen LogP contribution in [0.1, 0.15) is 4.88 Å². The molecule has 120 valence electrons. The lowest BCUT2D eigenvalue weighted by Crippen LogP contribution is -2.09. The molecule has 1 aromatic carbocycles. The number of anilines is 1. The summed E-state index contributed by atoms with van der Waals surface area (Å²) in [4.78, 5) is 16.7. The molecular weight excluding hydrogens is 330 g/mol. The highest BCUT2D eigenvalue weighted by molar-refractivity contribution is 7.11. The number of thiophene rings is 1. The number of rotatable bonds is 4. The molecule has 0 bridgehead atoms. The highest BCUT2D eigenvalue weighted by Crippen LogP contribution is 2.26. The van der Waals surface area contributed by atoms with Crippen molar-refractivity contribution >= 4 is 29.0 Å². The van der Waals surface area contributed by atoms with Gasteiger partial charge in [-0.05, 0) is 52.9 Å². The van der Waals surface area contributed by atoms with Crippen LogP contribution in [-0.4, -0.2) is 10.9 Å². The van der Waals surface area contributed by atoms with Crippen LogP contribution in [0.15, 0.2) is 60.2 Å². The SMILES string of the molecule is O=C(/C=C/c1cc(-c2ccncc2)cs1)Nc1cccc(F)c1F. The second-order valence-electron chi connectivity index (χ2n) is 4.90. The molecule has 0 saturated heterocycles. The Morgan fingerprint density at radius 3 is 2.71 bits per heavy atom. The maximum Gasteiger partial charge on any atom is 0.248 e. The normalized spacial score (nSPS) is 10.9. The number of benzene rings is 1. The van der Waals surface area contributed by atoms with Crippen LogP contribution in [-0.2, 0) is 4.79 Å². The molecule has 0 radical (unpaired) electrons. The maximum absolute atomic E-state index is 13.5. The summed E-state index contributed by atoms with van der Waals surface area (Å²) in [7, 11) is 0. The van der Waals surface area contributed by atoms with Gasteiger partial charge >= 0.3 is 0 Å². The number of nitrogens with one attached hydrogen (secondary N) is 1. The van der Waals surface area contributed by atoms with E-state index in [1.54, 1.807) is 18.5 Å². The number of aromatic nitrogens is 1. The number of nitrogens with zero attached hydrogens (tertiary/aromatic N) is 1. The first-order valence-electron chi connectivity index (χ1n) is 7.05. The van der Waals surface area contributed by atoms with Gasteiger partial charge in [-0.3, -0.25) is 9.78 Å². The Balaban J connectivity index is 1.69. The zero-order chi connectivity index (χ0) is 16.9. The van der Waals surface area contributed by atoms with Gasteiger partial charge in [-0.2, -0.15) is 0 Å². The Labute approximate surface area is 141 Å². The summed E-state index contributed by atoms with van der Waals surface area (Å²) >= 11 is 1.48. The first-order chi connectivity index (χ1) is 11.6. The number of carbonyl (C=O) groups excluding carboxylic acids is 1. The molecule has 0 fully saturated rings. The van der Waals surface area contributed by atoms with E-state index in [1.807, 2.05) is 23.6 Å². The van der Waals surface area contributed by atoms with E-state index in [9.17, 15) is 13.6 Å². The number of pyridine rings is 1. The van der Waals surface area contributed by atoms with Gasteiger partial charge in [-0.25, -0.2) is 8.78 Å². The second kappa shape index (κ2) is 7.14. The van der Waals surface area contributed by atoms with E-state index in [-0.39, 0.29) is 5.69 Å². The van der Waals surface area contributed by atoms with E-state index in [2.05, 4.69) is 10.3 Å². The molecular formula is C18H12F2N2OS. The van der Waals surface area contributed by atoms with E-state index in [0.29, 0.717) is 0 Å². The fraction of sp³-hybridized carbons (Fsp3) is 0. The van der Waals surface area contributed by atoms with Crippen LogP contribution < -0.4 is 5.32 Å². The summed E-state index contributed by atoms with van der Waals surface area (Å²) in [6, 6.07) is 9.36. The molecule has 0 unspecified atom stereocenters. The molecule has 2 heterocycles. The fourth-order valence-electron chi connectivity index (χ4n) is 2.07. The Kier molecular flexibility index (Phi) is 4.77. The van der Waals surface area contributed by atoms with Crippen LogP contribution in [0, 0.1) is 11.6 Å². The summed E-state index contributed by atoms with van der Waals surface area (Å²) in [6.07, 6.45) is 6.33. The van der Waals surface area contributed by atoms with Gasteiger partial charge in [-0.1, -0.05) is 6.07 Å². The van der Waals surface area contributed by atoms with Gasteiger partial charge in [0.05, 0.1) is 5.69 Å². The molecule has 6 heteroatoms. The minimum Gasteiger partial charge on any atom is -0.320 e. The summed E-state index contributed by atoms with van der Waals surface area (Å²) in [5, 5.41) is 4.29.